The molecule has 5 heteroatoms. The Labute approximate surface area is 111 Å². The Morgan fingerprint density at radius 1 is 1.16 bits per heavy atom. The molecular weight excluding hydrogens is 253 g/mol. The lowest BCUT2D eigenvalue weighted by atomic mass is 9.82. The molecule has 0 saturated carbocycles. The second-order valence-corrected chi connectivity index (χ2v) is 5.93. The van der Waals surface area contributed by atoms with E-state index >= 15 is 0 Å². The molecule has 2 nitrogen and oxygen atoms in total. The Morgan fingerprint density at radius 3 is 2.26 bits per heavy atom. The summed E-state index contributed by atoms with van der Waals surface area (Å²) in [7, 11) is 0. The summed E-state index contributed by atoms with van der Waals surface area (Å²) in [5.74, 6) is 0. The van der Waals surface area contributed by atoms with Crippen LogP contribution in [0, 0.1) is 5.41 Å². The van der Waals surface area contributed by atoms with Gasteiger partial charge in [0, 0.05) is 24.5 Å². The van der Waals surface area contributed by atoms with Crippen molar-refractivity contribution < 1.29 is 13.2 Å². The predicted octanol–water partition coefficient (Wildman–Crippen LogP) is 3.91. The third-order valence-electron chi connectivity index (χ3n) is 3.78. The average Bonchev–Trinajstić information content (AvgIpc) is 2.28. The van der Waals surface area contributed by atoms with Gasteiger partial charge in [-0.05, 0) is 36.5 Å². The van der Waals surface area contributed by atoms with Gasteiger partial charge < -0.3 is 10.6 Å². The monoisotopic (exact) mass is 272 g/mol. The van der Waals surface area contributed by atoms with Crippen LogP contribution in [0.25, 0.3) is 0 Å². The number of piperidine rings is 1. The molecule has 1 heterocycles. The van der Waals surface area contributed by atoms with Crippen molar-refractivity contribution in [1.29, 1.82) is 0 Å². The summed E-state index contributed by atoms with van der Waals surface area (Å²) in [6.07, 6.45) is -2.57. The molecule has 19 heavy (non-hydrogen) atoms. The second-order valence-electron chi connectivity index (χ2n) is 5.93. The molecule has 0 unspecified atom stereocenters. The fourth-order valence-electron chi connectivity index (χ4n) is 2.41. The first-order chi connectivity index (χ1) is 8.69. The summed E-state index contributed by atoms with van der Waals surface area (Å²) in [6.45, 7) is 5.61. The Bertz CT molecular complexity index is 456. The van der Waals surface area contributed by atoms with Crippen molar-refractivity contribution >= 4 is 11.4 Å². The lowest BCUT2D eigenvalue weighted by molar-refractivity contribution is -0.137. The van der Waals surface area contributed by atoms with Gasteiger partial charge in [-0.1, -0.05) is 13.8 Å². The zero-order valence-corrected chi connectivity index (χ0v) is 11.2. The Hall–Kier alpha value is -1.39. The molecule has 106 valence electrons. The van der Waals surface area contributed by atoms with Crippen LogP contribution in [-0.2, 0) is 6.18 Å². The van der Waals surface area contributed by atoms with Crippen molar-refractivity contribution in [3.05, 3.63) is 23.8 Å². The Morgan fingerprint density at radius 2 is 1.74 bits per heavy atom. The van der Waals surface area contributed by atoms with Gasteiger partial charge in [0.15, 0.2) is 0 Å². The van der Waals surface area contributed by atoms with E-state index in [1.54, 1.807) is 0 Å². The minimum Gasteiger partial charge on any atom is -0.399 e. The molecule has 0 bridgehead atoms. The van der Waals surface area contributed by atoms with E-state index in [2.05, 4.69) is 13.8 Å². The molecule has 0 radical (unpaired) electrons. The molecule has 2 N–H and O–H groups in total. The van der Waals surface area contributed by atoms with E-state index in [4.69, 9.17) is 5.73 Å². The predicted molar refractivity (Wildman–Crippen MR) is 71.1 cm³/mol. The van der Waals surface area contributed by atoms with E-state index in [0.717, 1.165) is 18.9 Å². The van der Waals surface area contributed by atoms with E-state index in [9.17, 15) is 13.2 Å². The first-order valence-electron chi connectivity index (χ1n) is 6.41. The number of nitrogens with two attached hydrogens (primary N) is 1. The first-order valence-corrected chi connectivity index (χ1v) is 6.41. The highest BCUT2D eigenvalue weighted by Crippen LogP contribution is 2.40. The van der Waals surface area contributed by atoms with Crippen LogP contribution in [-0.4, -0.2) is 13.1 Å². The standard InChI is InChI=1S/C14H19F3N2/c1-13(2)5-7-19(8-6-13)12-4-3-10(18)9-11(12)14(15,16)17/h3-4,9H,5-8,18H2,1-2H3. The number of hydrogen-bond acceptors (Lipinski definition) is 2. The molecule has 0 spiro atoms. The molecule has 1 saturated heterocycles. The largest absolute Gasteiger partial charge is 0.418 e. The highest BCUT2D eigenvalue weighted by molar-refractivity contribution is 5.61. The van der Waals surface area contributed by atoms with Gasteiger partial charge in [-0.25, -0.2) is 0 Å². The summed E-state index contributed by atoms with van der Waals surface area (Å²) in [5, 5.41) is 0. The van der Waals surface area contributed by atoms with E-state index in [1.165, 1.54) is 12.1 Å². The van der Waals surface area contributed by atoms with Crippen molar-refractivity contribution in [3.8, 4) is 0 Å². The van der Waals surface area contributed by atoms with Gasteiger partial charge >= 0.3 is 6.18 Å². The first kappa shape index (κ1) is 14.0. The maximum absolute atomic E-state index is 13.1. The van der Waals surface area contributed by atoms with Gasteiger partial charge in [-0.3, -0.25) is 0 Å². The van der Waals surface area contributed by atoms with Crippen molar-refractivity contribution in [1.82, 2.24) is 0 Å². The Kier molecular flexibility index (Phi) is 3.41. The fourth-order valence-corrected chi connectivity index (χ4v) is 2.41. The maximum Gasteiger partial charge on any atom is 0.418 e. The number of rotatable bonds is 1. The van der Waals surface area contributed by atoms with Crippen LogP contribution >= 0.6 is 0 Å². The summed E-state index contributed by atoms with van der Waals surface area (Å²) >= 11 is 0. The van der Waals surface area contributed by atoms with Crippen LogP contribution in [0.5, 0.6) is 0 Å². The normalized spacial score (nSPS) is 19.5. The molecule has 2 rings (SSSR count). The molecule has 0 aromatic heterocycles. The lowest BCUT2D eigenvalue weighted by Gasteiger charge is -2.39. The zero-order valence-electron chi connectivity index (χ0n) is 11.2. The molecule has 0 amide bonds. The molecule has 1 aromatic rings. The SMILES string of the molecule is CC1(C)CCN(c2ccc(N)cc2C(F)(F)F)CC1. The smallest absolute Gasteiger partial charge is 0.399 e. The highest BCUT2D eigenvalue weighted by Gasteiger charge is 2.36. The number of anilines is 2. The Balaban J connectivity index is 2.30. The quantitative estimate of drug-likeness (QED) is 0.785. The second kappa shape index (κ2) is 4.62. The lowest BCUT2D eigenvalue weighted by Crippen LogP contribution is -2.38. The fraction of sp³-hybridized carbons (Fsp3) is 0.571. The van der Waals surface area contributed by atoms with Gasteiger partial charge in [0.1, 0.15) is 0 Å². The van der Waals surface area contributed by atoms with Gasteiger partial charge in [0.25, 0.3) is 0 Å². The van der Waals surface area contributed by atoms with Gasteiger partial charge in [0.05, 0.1) is 5.56 Å². The van der Waals surface area contributed by atoms with E-state index in [-0.39, 0.29) is 16.8 Å². The number of hydrogen-bond donors (Lipinski definition) is 1. The molecule has 1 fully saturated rings. The van der Waals surface area contributed by atoms with Crippen molar-refractivity contribution in [2.75, 3.05) is 23.7 Å². The van der Waals surface area contributed by atoms with Crippen LogP contribution in [0.15, 0.2) is 18.2 Å². The van der Waals surface area contributed by atoms with Crippen molar-refractivity contribution in [2.45, 2.75) is 32.9 Å². The summed E-state index contributed by atoms with van der Waals surface area (Å²) in [6, 6.07) is 4.04. The molecule has 0 aliphatic carbocycles. The van der Waals surface area contributed by atoms with Crippen LogP contribution in [0.1, 0.15) is 32.3 Å². The number of nitrogen functional groups attached to an aromatic ring is 1. The van der Waals surface area contributed by atoms with E-state index in [1.807, 2.05) is 4.90 Å². The van der Waals surface area contributed by atoms with Gasteiger partial charge in [-0.2, -0.15) is 13.2 Å². The van der Waals surface area contributed by atoms with Crippen molar-refractivity contribution in [2.24, 2.45) is 5.41 Å². The molecule has 1 aromatic carbocycles. The minimum atomic E-state index is -4.36. The minimum absolute atomic E-state index is 0.147. The molecular formula is C14H19F3N2. The number of alkyl halides is 3. The van der Waals surface area contributed by atoms with Crippen LogP contribution < -0.4 is 10.6 Å². The third-order valence-corrected chi connectivity index (χ3v) is 3.78. The van der Waals surface area contributed by atoms with E-state index < -0.39 is 11.7 Å². The van der Waals surface area contributed by atoms with Gasteiger partial charge in [-0.15, -0.1) is 0 Å². The molecule has 1 aliphatic rings. The average molecular weight is 272 g/mol. The van der Waals surface area contributed by atoms with Crippen LogP contribution in [0.4, 0.5) is 24.5 Å². The van der Waals surface area contributed by atoms with Crippen LogP contribution in [0.2, 0.25) is 0 Å². The topological polar surface area (TPSA) is 29.3 Å². The van der Waals surface area contributed by atoms with Crippen LogP contribution in [0.3, 0.4) is 0 Å². The number of nitrogens with zero attached hydrogens (tertiary/aromatic N) is 1. The molecule has 0 atom stereocenters. The number of halogens is 3. The van der Waals surface area contributed by atoms with E-state index in [0.29, 0.717) is 13.1 Å². The third kappa shape index (κ3) is 3.14. The van der Waals surface area contributed by atoms with Gasteiger partial charge in [0.2, 0.25) is 0 Å². The summed E-state index contributed by atoms with van der Waals surface area (Å²) in [4.78, 5) is 1.81. The highest BCUT2D eigenvalue weighted by atomic mass is 19.4. The summed E-state index contributed by atoms with van der Waals surface area (Å²) in [5.41, 5.74) is 5.45. The van der Waals surface area contributed by atoms with Crippen molar-refractivity contribution in [3.63, 3.8) is 0 Å². The maximum atomic E-state index is 13.1. The molecule has 1 aliphatic heterocycles. The summed E-state index contributed by atoms with van der Waals surface area (Å²) < 4.78 is 39.2. The number of benzene rings is 1. The zero-order chi connectivity index (χ0) is 14.3.